The van der Waals surface area contributed by atoms with Crippen molar-refractivity contribution in [1.82, 2.24) is 4.31 Å². The van der Waals surface area contributed by atoms with E-state index in [-0.39, 0.29) is 29.5 Å². The molecule has 0 radical (unpaired) electrons. The third-order valence-corrected chi connectivity index (χ3v) is 8.28. The molecule has 0 spiro atoms. The molecule has 1 amide bonds. The van der Waals surface area contributed by atoms with Crippen LogP contribution in [0.1, 0.15) is 31.1 Å². The summed E-state index contributed by atoms with van der Waals surface area (Å²) in [5.41, 5.74) is 0.681. The average molecular weight is 448 g/mol. The minimum absolute atomic E-state index is 0.0822. The fourth-order valence-corrected chi connectivity index (χ4v) is 6.36. The molecule has 2 heterocycles. The van der Waals surface area contributed by atoms with Crippen LogP contribution < -0.4 is 9.64 Å². The molecule has 1 aromatic heterocycles. The fraction of sp³-hybridized carbons (Fsp3) is 0.429. The Bertz CT molecular complexity index is 1000. The number of nitriles is 1. The third-order valence-electron chi connectivity index (χ3n) is 4.83. The van der Waals surface area contributed by atoms with Gasteiger partial charge in [-0.2, -0.15) is 9.57 Å². The summed E-state index contributed by atoms with van der Waals surface area (Å²) in [5, 5.41) is 8.97. The topological polar surface area (TPSA) is 90.7 Å². The summed E-state index contributed by atoms with van der Waals surface area (Å²) in [5.74, 6) is 0.533. The van der Waals surface area contributed by atoms with E-state index in [0.29, 0.717) is 36.0 Å². The smallest absolute Gasteiger partial charge is 0.252 e. The summed E-state index contributed by atoms with van der Waals surface area (Å²) >= 11 is 1.14. The molecule has 1 aliphatic heterocycles. The summed E-state index contributed by atoms with van der Waals surface area (Å²) in [6.07, 6.45) is 2.05. The number of amides is 1. The summed E-state index contributed by atoms with van der Waals surface area (Å²) in [4.78, 5) is 15.2. The first kappa shape index (κ1) is 22.3. The molecule has 0 N–H and O–H groups in total. The van der Waals surface area contributed by atoms with E-state index in [1.807, 2.05) is 6.92 Å². The lowest BCUT2D eigenvalue weighted by Crippen LogP contribution is -2.32. The highest BCUT2D eigenvalue weighted by molar-refractivity contribution is 7.91. The number of nitrogens with zero attached hydrogens (tertiary/aromatic N) is 3. The maximum absolute atomic E-state index is 13.0. The number of benzene rings is 1. The van der Waals surface area contributed by atoms with Crippen LogP contribution in [0.15, 0.2) is 40.6 Å². The van der Waals surface area contributed by atoms with Gasteiger partial charge in [0, 0.05) is 30.2 Å². The molecule has 30 heavy (non-hydrogen) atoms. The van der Waals surface area contributed by atoms with E-state index < -0.39 is 10.0 Å². The van der Waals surface area contributed by atoms with Gasteiger partial charge >= 0.3 is 0 Å². The maximum atomic E-state index is 13.0. The standard InChI is InChI=1S/C21H25N3O4S2/c1-2-28-18-8-6-17(7-9-18)24(15-5-12-22)20(25)16-19-10-11-21(29-19)30(26,27)23-13-3-4-14-23/h6-11H,2-5,13-16H2,1H3. The van der Waals surface area contributed by atoms with E-state index in [1.165, 1.54) is 4.31 Å². The number of hydrogen-bond donors (Lipinski definition) is 0. The van der Waals surface area contributed by atoms with E-state index in [4.69, 9.17) is 10.00 Å². The molecule has 9 heteroatoms. The molecular formula is C21H25N3O4S2. The molecular weight excluding hydrogens is 422 g/mol. The summed E-state index contributed by atoms with van der Waals surface area (Å²) < 4.78 is 32.6. The second kappa shape index (κ2) is 10.1. The number of ether oxygens (including phenoxy) is 1. The van der Waals surface area contributed by atoms with Crippen LogP contribution in [-0.2, 0) is 21.2 Å². The first-order chi connectivity index (χ1) is 14.5. The number of hydrogen-bond acceptors (Lipinski definition) is 6. The van der Waals surface area contributed by atoms with Crippen molar-refractivity contribution in [3.8, 4) is 11.8 Å². The molecule has 3 rings (SSSR count). The number of carbonyl (C=O) groups is 1. The van der Waals surface area contributed by atoms with Crippen molar-refractivity contribution in [2.75, 3.05) is 31.1 Å². The van der Waals surface area contributed by atoms with Gasteiger partial charge in [0.05, 0.1) is 25.5 Å². The van der Waals surface area contributed by atoms with E-state index in [1.54, 1.807) is 41.3 Å². The Morgan fingerprint density at radius 3 is 2.53 bits per heavy atom. The van der Waals surface area contributed by atoms with Gasteiger partial charge < -0.3 is 9.64 Å². The molecule has 0 aliphatic carbocycles. The van der Waals surface area contributed by atoms with Crippen LogP contribution in [0.4, 0.5) is 5.69 Å². The van der Waals surface area contributed by atoms with Crippen LogP contribution in [0.2, 0.25) is 0 Å². The Balaban J connectivity index is 1.74. The van der Waals surface area contributed by atoms with Crippen molar-refractivity contribution >= 4 is 33.0 Å². The van der Waals surface area contributed by atoms with Gasteiger partial charge in [-0.1, -0.05) is 0 Å². The molecule has 0 bridgehead atoms. The van der Waals surface area contributed by atoms with Crippen LogP contribution in [0.3, 0.4) is 0 Å². The van der Waals surface area contributed by atoms with E-state index in [0.717, 1.165) is 24.2 Å². The van der Waals surface area contributed by atoms with Gasteiger partial charge in [0.15, 0.2) is 0 Å². The number of thiophene rings is 1. The lowest BCUT2D eigenvalue weighted by Gasteiger charge is -2.22. The number of carbonyl (C=O) groups excluding carboxylic acids is 1. The van der Waals surface area contributed by atoms with Gasteiger partial charge in [0.2, 0.25) is 5.91 Å². The molecule has 1 aliphatic rings. The Labute approximate surface area is 181 Å². The molecule has 7 nitrogen and oxygen atoms in total. The maximum Gasteiger partial charge on any atom is 0.252 e. The van der Waals surface area contributed by atoms with Gasteiger partial charge in [0.25, 0.3) is 10.0 Å². The van der Waals surface area contributed by atoms with Gasteiger partial charge in [-0.25, -0.2) is 8.42 Å². The number of sulfonamides is 1. The van der Waals surface area contributed by atoms with Crippen molar-refractivity contribution < 1.29 is 17.9 Å². The average Bonchev–Trinajstić information content (AvgIpc) is 3.42. The monoisotopic (exact) mass is 447 g/mol. The van der Waals surface area contributed by atoms with E-state index in [2.05, 4.69) is 6.07 Å². The minimum atomic E-state index is -3.48. The molecule has 1 aromatic carbocycles. The predicted molar refractivity (Wildman–Crippen MR) is 116 cm³/mol. The Morgan fingerprint density at radius 1 is 1.20 bits per heavy atom. The minimum Gasteiger partial charge on any atom is -0.494 e. The summed E-state index contributed by atoms with van der Waals surface area (Å²) in [6.45, 7) is 3.82. The van der Waals surface area contributed by atoms with Crippen molar-refractivity contribution in [2.45, 2.75) is 36.8 Å². The van der Waals surface area contributed by atoms with Crippen molar-refractivity contribution in [1.29, 1.82) is 5.26 Å². The van der Waals surface area contributed by atoms with Crippen molar-refractivity contribution in [3.63, 3.8) is 0 Å². The molecule has 160 valence electrons. The van der Waals surface area contributed by atoms with Crippen LogP contribution in [-0.4, -0.2) is 44.9 Å². The van der Waals surface area contributed by atoms with Gasteiger partial charge in [-0.15, -0.1) is 11.3 Å². The zero-order chi connectivity index (χ0) is 21.6. The zero-order valence-corrected chi connectivity index (χ0v) is 18.5. The molecule has 2 aromatic rings. The normalized spacial score (nSPS) is 14.4. The fourth-order valence-electron chi connectivity index (χ4n) is 3.34. The van der Waals surface area contributed by atoms with Gasteiger partial charge in [-0.3, -0.25) is 4.79 Å². The van der Waals surface area contributed by atoms with Crippen LogP contribution in [0, 0.1) is 11.3 Å². The van der Waals surface area contributed by atoms with E-state index >= 15 is 0 Å². The Kier molecular flexibility index (Phi) is 7.48. The van der Waals surface area contributed by atoms with Gasteiger partial charge in [0.1, 0.15) is 9.96 Å². The third kappa shape index (κ3) is 5.19. The van der Waals surface area contributed by atoms with Gasteiger partial charge in [-0.05, 0) is 56.2 Å². The van der Waals surface area contributed by atoms with Crippen LogP contribution >= 0.6 is 11.3 Å². The summed E-state index contributed by atoms with van der Waals surface area (Å²) in [7, 11) is -3.48. The highest BCUT2D eigenvalue weighted by Crippen LogP contribution is 2.28. The predicted octanol–water partition coefficient (Wildman–Crippen LogP) is 3.42. The number of anilines is 1. The molecule has 0 saturated carbocycles. The largest absolute Gasteiger partial charge is 0.494 e. The highest BCUT2D eigenvalue weighted by Gasteiger charge is 2.29. The summed E-state index contributed by atoms with van der Waals surface area (Å²) in [6, 6.07) is 12.5. The molecule has 0 unspecified atom stereocenters. The second-order valence-corrected chi connectivity index (χ2v) is 10.2. The molecule has 1 fully saturated rings. The van der Waals surface area contributed by atoms with E-state index in [9.17, 15) is 13.2 Å². The molecule has 1 saturated heterocycles. The van der Waals surface area contributed by atoms with Crippen molar-refractivity contribution in [3.05, 3.63) is 41.3 Å². The van der Waals surface area contributed by atoms with Crippen molar-refractivity contribution in [2.24, 2.45) is 0 Å². The first-order valence-electron chi connectivity index (χ1n) is 9.94. The SMILES string of the molecule is CCOc1ccc(N(CCC#N)C(=O)Cc2ccc(S(=O)(=O)N3CCCC3)s2)cc1. The van der Waals surface area contributed by atoms with Crippen LogP contribution in [0.5, 0.6) is 5.75 Å². The Morgan fingerprint density at radius 2 is 1.90 bits per heavy atom. The number of rotatable bonds is 9. The second-order valence-electron chi connectivity index (χ2n) is 6.89. The zero-order valence-electron chi connectivity index (χ0n) is 16.9. The lowest BCUT2D eigenvalue weighted by molar-refractivity contribution is -0.117. The lowest BCUT2D eigenvalue weighted by atomic mass is 10.2. The van der Waals surface area contributed by atoms with Crippen LogP contribution in [0.25, 0.3) is 0 Å². The first-order valence-corrected chi connectivity index (χ1v) is 12.2. The molecule has 0 atom stereocenters. The highest BCUT2D eigenvalue weighted by atomic mass is 32.2. The quantitative estimate of drug-likeness (QED) is 0.587. The Hall–Kier alpha value is -2.41.